The van der Waals surface area contributed by atoms with E-state index in [1.807, 2.05) is 13.8 Å². The highest BCUT2D eigenvalue weighted by Crippen LogP contribution is 2.10. The first-order valence-electron chi connectivity index (χ1n) is 4.93. The Balaban J connectivity index is 2.87. The van der Waals surface area contributed by atoms with Crippen molar-refractivity contribution in [2.75, 3.05) is 5.88 Å². The van der Waals surface area contributed by atoms with Crippen LogP contribution in [0.15, 0.2) is 17.6 Å². The van der Waals surface area contributed by atoms with Crippen LogP contribution in [0.3, 0.4) is 0 Å². The number of nitrogens with zero attached hydrogens (tertiary/aromatic N) is 2. The van der Waals surface area contributed by atoms with Crippen molar-refractivity contribution < 1.29 is 8.42 Å². The lowest BCUT2D eigenvalue weighted by Crippen LogP contribution is -2.39. The van der Waals surface area contributed by atoms with Gasteiger partial charge in [-0.1, -0.05) is 13.8 Å². The molecule has 0 aliphatic carbocycles. The molecule has 0 fully saturated rings. The number of halogens is 1. The third-order valence-corrected chi connectivity index (χ3v) is 3.94. The summed E-state index contributed by atoms with van der Waals surface area (Å²) in [6, 6.07) is -0.284. The average molecular weight is 266 g/mol. The molecule has 1 aromatic rings. The number of sulfonamides is 1. The molecule has 0 saturated heterocycles. The van der Waals surface area contributed by atoms with Gasteiger partial charge in [-0.15, -0.1) is 11.6 Å². The maximum atomic E-state index is 11.9. The van der Waals surface area contributed by atoms with Crippen molar-refractivity contribution in [2.45, 2.75) is 24.9 Å². The average Bonchev–Trinajstić information content (AvgIpc) is 2.61. The van der Waals surface area contributed by atoms with E-state index < -0.39 is 10.0 Å². The Morgan fingerprint density at radius 2 is 2.19 bits per heavy atom. The Bertz CT molecular complexity index is 441. The molecule has 0 aliphatic heterocycles. The van der Waals surface area contributed by atoms with Crippen molar-refractivity contribution in [1.82, 2.24) is 14.3 Å². The standard InChI is InChI=1S/C9H16ClN3O2S/c1-7(2)8(4-10)12-16(14,15)9-5-13(3)6-11-9/h5-8,12H,4H2,1-3H3. The molecule has 1 unspecified atom stereocenters. The van der Waals surface area contributed by atoms with Gasteiger partial charge in [0.05, 0.1) is 6.33 Å². The van der Waals surface area contributed by atoms with Crippen LogP contribution in [0.5, 0.6) is 0 Å². The van der Waals surface area contributed by atoms with Gasteiger partial charge < -0.3 is 4.57 Å². The van der Waals surface area contributed by atoms with Crippen LogP contribution in [0.25, 0.3) is 0 Å². The quantitative estimate of drug-likeness (QED) is 0.807. The van der Waals surface area contributed by atoms with Crippen LogP contribution in [0.4, 0.5) is 0 Å². The highest BCUT2D eigenvalue weighted by molar-refractivity contribution is 7.89. The summed E-state index contributed by atoms with van der Waals surface area (Å²) in [6.07, 6.45) is 2.90. The van der Waals surface area contributed by atoms with Gasteiger partial charge in [0.15, 0.2) is 5.03 Å². The summed E-state index contributed by atoms with van der Waals surface area (Å²) in [6.45, 7) is 3.82. The van der Waals surface area contributed by atoms with Crippen molar-refractivity contribution in [3.8, 4) is 0 Å². The molecule has 0 spiro atoms. The normalized spacial score (nSPS) is 14.3. The molecule has 1 N–H and O–H groups in total. The molecular weight excluding hydrogens is 250 g/mol. The van der Waals surface area contributed by atoms with Crippen LogP contribution in [0.2, 0.25) is 0 Å². The molecule has 1 aromatic heterocycles. The van der Waals surface area contributed by atoms with Gasteiger partial charge in [-0.05, 0) is 5.92 Å². The number of nitrogens with one attached hydrogen (secondary N) is 1. The molecular formula is C9H16ClN3O2S. The van der Waals surface area contributed by atoms with Gasteiger partial charge in [-0.2, -0.15) is 0 Å². The highest BCUT2D eigenvalue weighted by Gasteiger charge is 2.23. The monoisotopic (exact) mass is 265 g/mol. The van der Waals surface area contributed by atoms with Crippen molar-refractivity contribution in [1.29, 1.82) is 0 Å². The van der Waals surface area contributed by atoms with E-state index in [-0.39, 0.29) is 22.9 Å². The van der Waals surface area contributed by atoms with Gasteiger partial charge in [0.2, 0.25) is 0 Å². The molecule has 0 amide bonds. The first kappa shape index (κ1) is 13.5. The van der Waals surface area contributed by atoms with E-state index in [4.69, 9.17) is 11.6 Å². The van der Waals surface area contributed by atoms with Crippen LogP contribution >= 0.6 is 11.6 Å². The van der Waals surface area contributed by atoms with E-state index >= 15 is 0 Å². The minimum atomic E-state index is -3.56. The van der Waals surface area contributed by atoms with Crippen molar-refractivity contribution in [2.24, 2.45) is 13.0 Å². The second-order valence-corrected chi connectivity index (χ2v) is 5.97. The summed E-state index contributed by atoms with van der Waals surface area (Å²) in [5, 5.41) is 0.0192. The number of hydrogen-bond donors (Lipinski definition) is 1. The maximum Gasteiger partial charge on any atom is 0.259 e. The molecule has 16 heavy (non-hydrogen) atoms. The zero-order valence-corrected chi connectivity index (χ0v) is 11.1. The summed E-state index contributed by atoms with van der Waals surface area (Å²) < 4.78 is 27.9. The summed E-state index contributed by atoms with van der Waals surface area (Å²) in [5.41, 5.74) is 0. The maximum absolute atomic E-state index is 11.9. The van der Waals surface area contributed by atoms with Crippen LogP contribution in [0.1, 0.15) is 13.8 Å². The minimum Gasteiger partial charge on any atom is -0.339 e. The summed E-state index contributed by atoms with van der Waals surface area (Å²) in [7, 11) is -1.85. The van der Waals surface area contributed by atoms with Gasteiger partial charge in [0.25, 0.3) is 10.0 Å². The molecule has 1 heterocycles. The van der Waals surface area contributed by atoms with Crippen LogP contribution < -0.4 is 4.72 Å². The smallest absolute Gasteiger partial charge is 0.259 e. The summed E-state index contributed by atoms with van der Waals surface area (Å²) in [4.78, 5) is 3.80. The Hall–Kier alpha value is -0.590. The topological polar surface area (TPSA) is 64.0 Å². The first-order chi connectivity index (χ1) is 7.36. The zero-order valence-electron chi connectivity index (χ0n) is 9.51. The number of alkyl halides is 1. The van der Waals surface area contributed by atoms with Gasteiger partial charge in [0.1, 0.15) is 0 Å². The fourth-order valence-corrected chi connectivity index (χ4v) is 3.02. The second kappa shape index (κ2) is 5.16. The van der Waals surface area contributed by atoms with E-state index in [0.717, 1.165) is 0 Å². The molecule has 1 atom stereocenters. The van der Waals surface area contributed by atoms with Crippen LogP contribution in [-0.2, 0) is 17.1 Å². The third kappa shape index (κ3) is 3.20. The molecule has 92 valence electrons. The van der Waals surface area contributed by atoms with E-state index in [2.05, 4.69) is 9.71 Å². The number of aromatic nitrogens is 2. The molecule has 0 aliphatic rings. The number of rotatable bonds is 5. The van der Waals surface area contributed by atoms with E-state index in [0.29, 0.717) is 0 Å². The molecule has 0 radical (unpaired) electrons. The first-order valence-corrected chi connectivity index (χ1v) is 6.95. The largest absolute Gasteiger partial charge is 0.339 e. The fourth-order valence-electron chi connectivity index (χ4n) is 1.13. The molecule has 0 bridgehead atoms. The van der Waals surface area contributed by atoms with E-state index in [1.165, 1.54) is 12.5 Å². The lowest BCUT2D eigenvalue weighted by atomic mass is 10.1. The Labute approximate surface area is 101 Å². The number of aryl methyl sites for hydroxylation is 1. The number of hydrogen-bond acceptors (Lipinski definition) is 3. The minimum absolute atomic E-state index is 0.0192. The Morgan fingerprint density at radius 3 is 2.56 bits per heavy atom. The Kier molecular flexibility index (Phi) is 4.35. The summed E-state index contributed by atoms with van der Waals surface area (Å²) in [5.74, 6) is 0.375. The zero-order chi connectivity index (χ0) is 12.3. The van der Waals surface area contributed by atoms with Gasteiger partial charge in [-0.3, -0.25) is 0 Å². The number of imidazole rings is 1. The van der Waals surface area contributed by atoms with Gasteiger partial charge in [0, 0.05) is 25.2 Å². The van der Waals surface area contributed by atoms with Crippen molar-refractivity contribution in [3.05, 3.63) is 12.5 Å². The molecule has 7 heteroatoms. The molecule has 0 aromatic carbocycles. The second-order valence-electron chi connectivity index (χ2n) is 4.00. The van der Waals surface area contributed by atoms with E-state index in [9.17, 15) is 8.42 Å². The van der Waals surface area contributed by atoms with Crippen LogP contribution in [-0.4, -0.2) is 29.9 Å². The van der Waals surface area contributed by atoms with E-state index in [1.54, 1.807) is 11.6 Å². The molecule has 5 nitrogen and oxygen atoms in total. The summed E-state index contributed by atoms with van der Waals surface area (Å²) >= 11 is 5.71. The molecule has 1 rings (SSSR count). The lowest BCUT2D eigenvalue weighted by molar-refractivity contribution is 0.479. The molecule has 0 saturated carbocycles. The van der Waals surface area contributed by atoms with Crippen molar-refractivity contribution in [3.63, 3.8) is 0 Å². The highest BCUT2D eigenvalue weighted by atomic mass is 35.5. The van der Waals surface area contributed by atoms with Crippen molar-refractivity contribution >= 4 is 21.6 Å². The SMILES string of the molecule is CC(C)C(CCl)NS(=O)(=O)c1cn(C)cn1. The predicted octanol–water partition coefficient (Wildman–Crippen LogP) is 0.962. The van der Waals surface area contributed by atoms with Crippen LogP contribution in [0, 0.1) is 5.92 Å². The lowest BCUT2D eigenvalue weighted by Gasteiger charge is -2.18. The van der Waals surface area contributed by atoms with Gasteiger partial charge in [-0.25, -0.2) is 18.1 Å². The predicted molar refractivity (Wildman–Crippen MR) is 62.9 cm³/mol. The third-order valence-electron chi connectivity index (χ3n) is 2.23. The van der Waals surface area contributed by atoms with Gasteiger partial charge >= 0.3 is 0 Å². The Morgan fingerprint density at radius 1 is 1.56 bits per heavy atom. The fraction of sp³-hybridized carbons (Fsp3) is 0.667.